The summed E-state index contributed by atoms with van der Waals surface area (Å²) in [6.07, 6.45) is 1.96. The van der Waals surface area contributed by atoms with Gasteiger partial charge in [0.25, 0.3) is 0 Å². The van der Waals surface area contributed by atoms with Gasteiger partial charge >= 0.3 is 0 Å². The molecule has 0 unspecified atom stereocenters. The summed E-state index contributed by atoms with van der Waals surface area (Å²) >= 11 is 0. The van der Waals surface area contributed by atoms with E-state index in [0.717, 1.165) is 29.9 Å². The molecule has 0 atom stereocenters. The highest BCUT2D eigenvalue weighted by Crippen LogP contribution is 2.28. The molecule has 1 rings (SSSR count). The van der Waals surface area contributed by atoms with Crippen molar-refractivity contribution in [3.8, 4) is 23.3 Å². The topological polar surface area (TPSA) is 30.5 Å². The van der Waals surface area contributed by atoms with E-state index in [9.17, 15) is 0 Å². The zero-order valence-electron chi connectivity index (χ0n) is 12.1. The maximum absolute atomic E-state index is 5.72. The molecule has 0 bridgehead atoms. The zero-order chi connectivity index (χ0) is 13.9. The second kappa shape index (κ2) is 9.29. The van der Waals surface area contributed by atoms with Crippen LogP contribution in [0, 0.1) is 11.8 Å². The maximum Gasteiger partial charge on any atom is 0.162 e. The van der Waals surface area contributed by atoms with Crippen LogP contribution in [0.15, 0.2) is 18.2 Å². The van der Waals surface area contributed by atoms with E-state index < -0.39 is 0 Å². The monoisotopic (exact) mass is 261 g/mol. The molecule has 0 aromatic heterocycles. The number of nitrogens with one attached hydrogen (secondary N) is 1. The molecule has 1 aromatic carbocycles. The van der Waals surface area contributed by atoms with Crippen LogP contribution in [0.3, 0.4) is 0 Å². The fourth-order valence-corrected chi connectivity index (χ4v) is 1.48. The summed E-state index contributed by atoms with van der Waals surface area (Å²) in [6.45, 7) is 6.25. The van der Waals surface area contributed by atoms with Gasteiger partial charge in [0.2, 0.25) is 0 Å². The average molecular weight is 261 g/mol. The van der Waals surface area contributed by atoms with Crippen LogP contribution in [0.2, 0.25) is 0 Å². The van der Waals surface area contributed by atoms with E-state index in [4.69, 9.17) is 9.47 Å². The van der Waals surface area contributed by atoms with Gasteiger partial charge in [-0.3, -0.25) is 0 Å². The molecule has 1 N–H and O–H groups in total. The molecule has 0 saturated carbocycles. The molecule has 0 radical (unpaired) electrons. The molecule has 0 fully saturated rings. The third kappa shape index (κ3) is 5.67. The van der Waals surface area contributed by atoms with Crippen molar-refractivity contribution in [2.45, 2.75) is 26.7 Å². The van der Waals surface area contributed by atoms with Gasteiger partial charge in [0.1, 0.15) is 0 Å². The van der Waals surface area contributed by atoms with E-state index in [1.165, 1.54) is 0 Å². The van der Waals surface area contributed by atoms with E-state index in [2.05, 4.69) is 31.0 Å². The van der Waals surface area contributed by atoms with Gasteiger partial charge in [-0.05, 0) is 38.1 Å². The van der Waals surface area contributed by atoms with Gasteiger partial charge in [0, 0.05) is 5.56 Å². The second-order valence-corrected chi connectivity index (χ2v) is 4.19. The molecule has 0 amide bonds. The first-order valence-corrected chi connectivity index (χ1v) is 6.84. The van der Waals surface area contributed by atoms with Crippen molar-refractivity contribution < 1.29 is 9.47 Å². The quantitative estimate of drug-likeness (QED) is 0.766. The number of benzene rings is 1. The van der Waals surface area contributed by atoms with Crippen LogP contribution in [0.25, 0.3) is 0 Å². The molecule has 0 aliphatic rings. The van der Waals surface area contributed by atoms with Gasteiger partial charge in [-0.25, -0.2) is 0 Å². The molecule has 1 aromatic rings. The van der Waals surface area contributed by atoms with Crippen molar-refractivity contribution in [3.05, 3.63) is 23.8 Å². The Labute approximate surface area is 116 Å². The van der Waals surface area contributed by atoms with E-state index >= 15 is 0 Å². The fourth-order valence-electron chi connectivity index (χ4n) is 1.48. The van der Waals surface area contributed by atoms with Gasteiger partial charge in [-0.1, -0.05) is 25.7 Å². The number of hydrogen-bond donors (Lipinski definition) is 1. The summed E-state index contributed by atoms with van der Waals surface area (Å²) in [6, 6.07) is 5.85. The molecule has 19 heavy (non-hydrogen) atoms. The predicted molar refractivity (Wildman–Crippen MR) is 78.8 cm³/mol. The van der Waals surface area contributed by atoms with Gasteiger partial charge in [-0.15, -0.1) is 0 Å². The van der Waals surface area contributed by atoms with Crippen molar-refractivity contribution in [2.24, 2.45) is 0 Å². The van der Waals surface area contributed by atoms with Crippen molar-refractivity contribution in [1.29, 1.82) is 0 Å². The van der Waals surface area contributed by atoms with Crippen LogP contribution < -0.4 is 14.8 Å². The molecular formula is C16H23NO2. The molecule has 3 nitrogen and oxygen atoms in total. The van der Waals surface area contributed by atoms with Gasteiger partial charge in [0.15, 0.2) is 11.5 Å². The minimum absolute atomic E-state index is 0.680. The van der Waals surface area contributed by atoms with E-state index in [1.807, 2.05) is 25.2 Å². The first-order chi connectivity index (χ1) is 9.31. The lowest BCUT2D eigenvalue weighted by Crippen LogP contribution is -2.04. The number of hydrogen-bond acceptors (Lipinski definition) is 3. The van der Waals surface area contributed by atoms with Crippen LogP contribution in [0.4, 0.5) is 0 Å². The Bertz CT molecular complexity index is 432. The van der Waals surface area contributed by atoms with Crippen LogP contribution >= 0.6 is 0 Å². The third-order valence-electron chi connectivity index (χ3n) is 2.36. The Hall–Kier alpha value is -1.66. The highest BCUT2D eigenvalue weighted by atomic mass is 16.5. The normalized spacial score (nSPS) is 9.63. The standard InChI is InChI=1S/C16H23NO2/c1-4-11-18-15-9-8-14(7-6-10-17-3)13-16(15)19-12-5-2/h8-9,13,17H,4-5,10-12H2,1-3H3. The highest BCUT2D eigenvalue weighted by molar-refractivity contribution is 5.48. The van der Waals surface area contributed by atoms with Crippen LogP contribution in [-0.2, 0) is 0 Å². The minimum Gasteiger partial charge on any atom is -0.490 e. The first kappa shape index (κ1) is 15.4. The summed E-state index contributed by atoms with van der Waals surface area (Å²) < 4.78 is 11.4. The maximum atomic E-state index is 5.72. The Morgan fingerprint density at radius 1 is 1.05 bits per heavy atom. The van der Waals surface area contributed by atoms with E-state index in [0.29, 0.717) is 19.8 Å². The molecule has 104 valence electrons. The largest absolute Gasteiger partial charge is 0.490 e. The highest BCUT2D eigenvalue weighted by Gasteiger charge is 2.05. The predicted octanol–water partition coefficient (Wildman–Crippen LogP) is 2.84. The Kier molecular flexibility index (Phi) is 7.53. The first-order valence-electron chi connectivity index (χ1n) is 6.84. The lowest BCUT2D eigenvalue weighted by molar-refractivity contribution is 0.268. The zero-order valence-corrected chi connectivity index (χ0v) is 12.1. The average Bonchev–Trinajstić information content (AvgIpc) is 2.44. The lowest BCUT2D eigenvalue weighted by Gasteiger charge is -2.12. The SMILES string of the molecule is CCCOc1ccc(C#CCNC)cc1OCCC. The van der Waals surface area contributed by atoms with Crippen LogP contribution in [0.1, 0.15) is 32.3 Å². The van der Waals surface area contributed by atoms with Crippen LogP contribution in [-0.4, -0.2) is 26.8 Å². The molecule has 0 spiro atoms. The van der Waals surface area contributed by atoms with Gasteiger partial charge in [-0.2, -0.15) is 0 Å². The second-order valence-electron chi connectivity index (χ2n) is 4.19. The Balaban J connectivity index is 2.84. The summed E-state index contributed by atoms with van der Waals surface area (Å²) in [4.78, 5) is 0. The minimum atomic E-state index is 0.680. The lowest BCUT2D eigenvalue weighted by atomic mass is 10.2. The summed E-state index contributed by atoms with van der Waals surface area (Å²) in [5.74, 6) is 7.72. The smallest absolute Gasteiger partial charge is 0.162 e. The third-order valence-corrected chi connectivity index (χ3v) is 2.36. The summed E-state index contributed by atoms with van der Waals surface area (Å²) in [5.41, 5.74) is 0.949. The van der Waals surface area contributed by atoms with Gasteiger partial charge < -0.3 is 14.8 Å². The van der Waals surface area contributed by atoms with Gasteiger partial charge in [0.05, 0.1) is 19.8 Å². The van der Waals surface area contributed by atoms with Crippen molar-refractivity contribution in [3.63, 3.8) is 0 Å². The van der Waals surface area contributed by atoms with E-state index in [-0.39, 0.29) is 0 Å². The molecule has 3 heteroatoms. The Morgan fingerprint density at radius 2 is 1.74 bits per heavy atom. The van der Waals surface area contributed by atoms with Crippen molar-refractivity contribution >= 4 is 0 Å². The van der Waals surface area contributed by atoms with E-state index in [1.54, 1.807) is 0 Å². The Morgan fingerprint density at radius 3 is 2.37 bits per heavy atom. The van der Waals surface area contributed by atoms with Crippen molar-refractivity contribution in [2.75, 3.05) is 26.8 Å². The molecular weight excluding hydrogens is 238 g/mol. The van der Waals surface area contributed by atoms with Crippen LogP contribution in [0.5, 0.6) is 11.5 Å². The molecule has 0 aliphatic heterocycles. The number of rotatable bonds is 7. The molecule has 0 aliphatic carbocycles. The van der Waals surface area contributed by atoms with Crippen molar-refractivity contribution in [1.82, 2.24) is 5.32 Å². The summed E-state index contributed by atoms with van der Waals surface area (Å²) in [7, 11) is 1.88. The fraction of sp³-hybridized carbons (Fsp3) is 0.500. The summed E-state index contributed by atoms with van der Waals surface area (Å²) in [5, 5.41) is 3.00. The molecule has 0 heterocycles. The number of ether oxygens (including phenoxy) is 2. The molecule has 0 saturated heterocycles.